The third-order valence-corrected chi connectivity index (χ3v) is 7.92. The van der Waals surface area contributed by atoms with Gasteiger partial charge < -0.3 is 15.5 Å². The van der Waals surface area contributed by atoms with E-state index in [2.05, 4.69) is 26.2 Å². The zero-order chi connectivity index (χ0) is 24.4. The zero-order valence-electron chi connectivity index (χ0n) is 19.4. The molecule has 2 atom stereocenters. The van der Waals surface area contributed by atoms with Gasteiger partial charge in [-0.3, -0.25) is 19.7 Å². The van der Waals surface area contributed by atoms with Crippen molar-refractivity contribution < 1.29 is 18.8 Å². The number of hydrogen-bond donors (Lipinski definition) is 3. The van der Waals surface area contributed by atoms with Crippen LogP contribution in [0.3, 0.4) is 0 Å². The predicted octanol–water partition coefficient (Wildman–Crippen LogP) is 1.75. The number of carbonyl (C=O) groups excluding carboxylic acids is 3. The van der Waals surface area contributed by atoms with Gasteiger partial charge in [-0.15, -0.1) is 16.9 Å². The maximum Gasteiger partial charge on any atom is 0.292 e. The summed E-state index contributed by atoms with van der Waals surface area (Å²) in [6, 6.07) is 3.91. The van der Waals surface area contributed by atoms with Crippen molar-refractivity contribution in [2.45, 2.75) is 50.2 Å². The molecule has 1 unspecified atom stereocenters. The maximum absolute atomic E-state index is 14.6. The molecule has 3 amide bonds. The Kier molecular flexibility index (Phi) is 7.14. The molecule has 186 valence electrons. The van der Waals surface area contributed by atoms with Gasteiger partial charge in [-0.2, -0.15) is 5.11 Å². The number of hydrogen-bond acceptors (Lipinski definition) is 7. The summed E-state index contributed by atoms with van der Waals surface area (Å²) in [5, 5.41) is 17.4. The number of benzene rings is 1. The van der Waals surface area contributed by atoms with Crippen LogP contribution in [-0.4, -0.2) is 72.0 Å². The lowest BCUT2D eigenvalue weighted by atomic mass is 9.93. The molecule has 0 spiro atoms. The molecule has 11 heteroatoms. The number of likely N-dealkylation sites (tertiary alicyclic amines) is 1. The van der Waals surface area contributed by atoms with E-state index in [9.17, 15) is 18.8 Å². The molecular formula is C24H29FN6O3S. The highest BCUT2D eigenvalue weighted by atomic mass is 32.2. The van der Waals surface area contributed by atoms with E-state index < -0.39 is 11.7 Å². The molecule has 35 heavy (non-hydrogen) atoms. The van der Waals surface area contributed by atoms with E-state index in [-0.39, 0.29) is 35.5 Å². The fourth-order valence-corrected chi connectivity index (χ4v) is 5.97. The van der Waals surface area contributed by atoms with Crippen molar-refractivity contribution in [1.82, 2.24) is 20.9 Å². The molecule has 5 rings (SSSR count). The zero-order valence-corrected chi connectivity index (χ0v) is 20.2. The lowest BCUT2D eigenvalue weighted by molar-refractivity contribution is -0.133. The van der Waals surface area contributed by atoms with Crippen molar-refractivity contribution >= 4 is 29.5 Å². The highest BCUT2D eigenvalue weighted by Gasteiger charge is 2.32. The molecule has 4 aliphatic rings. The molecule has 0 saturated carbocycles. The third kappa shape index (κ3) is 5.25. The van der Waals surface area contributed by atoms with Gasteiger partial charge in [-0.05, 0) is 43.4 Å². The van der Waals surface area contributed by atoms with E-state index in [1.54, 1.807) is 23.9 Å². The summed E-state index contributed by atoms with van der Waals surface area (Å²) in [6.45, 7) is 1.92. The first-order valence-electron chi connectivity index (χ1n) is 12.1. The number of azo groups is 1. The van der Waals surface area contributed by atoms with Crippen molar-refractivity contribution in [2.24, 2.45) is 10.2 Å². The summed E-state index contributed by atoms with van der Waals surface area (Å²) >= 11 is 1.72. The molecule has 2 saturated heterocycles. The fraction of sp³-hybridized carbons (Fsp3) is 0.542. The summed E-state index contributed by atoms with van der Waals surface area (Å²) in [6.07, 6.45) is 3.23. The average molecular weight is 501 g/mol. The Morgan fingerprint density at radius 3 is 2.86 bits per heavy atom. The van der Waals surface area contributed by atoms with Gasteiger partial charge in [0, 0.05) is 55.0 Å². The fourth-order valence-electron chi connectivity index (χ4n) is 5.03. The average Bonchev–Trinajstić information content (AvgIpc) is 3.42. The Labute approximate surface area is 207 Å². The molecule has 0 radical (unpaired) electrons. The molecular weight excluding hydrogens is 471 g/mol. The van der Waals surface area contributed by atoms with Crippen LogP contribution in [0.2, 0.25) is 0 Å². The van der Waals surface area contributed by atoms with Gasteiger partial charge in [0.05, 0.1) is 11.6 Å². The standard InChI is InChI=1S/C24H29FN6O3S/c25-18-4-3-14(11-19-21-16(2-1-7-26-21)23(33)30-29-19)10-17(18)22(32)28-15-5-8-31(9-6-15)24(34)20-12-35-13-27-20/h3-4,10,15,19-20,26-27H,1-2,5-9,11-13H2,(H,28,32)/t19?,20-/m0/s1. The first kappa shape index (κ1) is 23.9. The van der Waals surface area contributed by atoms with Crippen LogP contribution in [0.5, 0.6) is 0 Å². The van der Waals surface area contributed by atoms with E-state index in [1.807, 2.05) is 4.90 Å². The molecule has 4 heterocycles. The lowest BCUT2D eigenvalue weighted by Gasteiger charge is -2.33. The largest absolute Gasteiger partial charge is 0.386 e. The van der Waals surface area contributed by atoms with Gasteiger partial charge in [-0.1, -0.05) is 6.07 Å². The number of nitrogens with zero attached hydrogens (tertiary/aromatic N) is 3. The summed E-state index contributed by atoms with van der Waals surface area (Å²) < 4.78 is 14.6. The predicted molar refractivity (Wildman–Crippen MR) is 129 cm³/mol. The first-order valence-corrected chi connectivity index (χ1v) is 13.3. The van der Waals surface area contributed by atoms with Crippen LogP contribution in [0.4, 0.5) is 4.39 Å². The molecule has 2 fully saturated rings. The lowest BCUT2D eigenvalue weighted by Crippen LogP contribution is -2.51. The molecule has 9 nitrogen and oxygen atoms in total. The number of amides is 3. The number of halogens is 1. The van der Waals surface area contributed by atoms with Gasteiger partial charge in [0.2, 0.25) is 5.91 Å². The molecule has 1 aromatic carbocycles. The summed E-state index contributed by atoms with van der Waals surface area (Å²) in [5.41, 5.74) is 2.20. The number of carbonyl (C=O) groups is 3. The monoisotopic (exact) mass is 500 g/mol. The topological polar surface area (TPSA) is 115 Å². The number of thioether (sulfide) groups is 1. The van der Waals surface area contributed by atoms with Crippen LogP contribution in [0, 0.1) is 5.82 Å². The normalized spacial score (nSPS) is 24.8. The van der Waals surface area contributed by atoms with Crippen molar-refractivity contribution in [3.8, 4) is 0 Å². The first-order chi connectivity index (χ1) is 17.0. The van der Waals surface area contributed by atoms with Crippen molar-refractivity contribution in [3.63, 3.8) is 0 Å². The Hall–Kier alpha value is -2.79. The highest BCUT2D eigenvalue weighted by Crippen LogP contribution is 2.27. The second-order valence-electron chi connectivity index (χ2n) is 9.32. The second-order valence-corrected chi connectivity index (χ2v) is 10.4. The third-order valence-electron chi connectivity index (χ3n) is 6.98. The number of rotatable bonds is 5. The summed E-state index contributed by atoms with van der Waals surface area (Å²) in [4.78, 5) is 39.4. The quantitative estimate of drug-likeness (QED) is 0.568. The number of piperidine rings is 1. The molecule has 0 bridgehead atoms. The van der Waals surface area contributed by atoms with Gasteiger partial charge in [-0.25, -0.2) is 4.39 Å². The minimum Gasteiger partial charge on any atom is -0.386 e. The van der Waals surface area contributed by atoms with Crippen LogP contribution in [0.25, 0.3) is 0 Å². The SMILES string of the molecule is O=C1N=NC(Cc2ccc(F)c(C(=O)NC3CCN(C(=O)[C@@H]4CSCN4)CC3)c2)C2=C1CCCN2. The van der Waals surface area contributed by atoms with Crippen LogP contribution in [0.15, 0.2) is 39.7 Å². The molecule has 0 aromatic heterocycles. The maximum atomic E-state index is 14.6. The Bertz CT molecular complexity index is 1080. The van der Waals surface area contributed by atoms with E-state index in [4.69, 9.17) is 0 Å². The van der Waals surface area contributed by atoms with Gasteiger partial charge in [0.15, 0.2) is 0 Å². The van der Waals surface area contributed by atoms with Crippen molar-refractivity contribution in [2.75, 3.05) is 31.3 Å². The molecule has 0 aliphatic carbocycles. The Morgan fingerprint density at radius 1 is 1.26 bits per heavy atom. The van der Waals surface area contributed by atoms with Crippen LogP contribution in [-0.2, 0) is 16.0 Å². The Morgan fingerprint density at radius 2 is 2.09 bits per heavy atom. The van der Waals surface area contributed by atoms with Crippen LogP contribution >= 0.6 is 11.8 Å². The number of nitrogens with one attached hydrogen (secondary N) is 3. The molecule has 3 N–H and O–H groups in total. The van der Waals surface area contributed by atoms with E-state index in [1.165, 1.54) is 6.07 Å². The van der Waals surface area contributed by atoms with Crippen LogP contribution < -0.4 is 16.0 Å². The van der Waals surface area contributed by atoms with Gasteiger partial charge in [0.25, 0.3) is 11.8 Å². The van der Waals surface area contributed by atoms with E-state index in [0.29, 0.717) is 44.3 Å². The Balaban J connectivity index is 1.20. The van der Waals surface area contributed by atoms with Crippen LogP contribution in [0.1, 0.15) is 41.6 Å². The van der Waals surface area contributed by atoms with E-state index in [0.717, 1.165) is 35.9 Å². The summed E-state index contributed by atoms with van der Waals surface area (Å²) in [5.74, 6) is 0.363. The second kappa shape index (κ2) is 10.4. The van der Waals surface area contributed by atoms with Crippen molar-refractivity contribution in [1.29, 1.82) is 0 Å². The van der Waals surface area contributed by atoms with Gasteiger partial charge >= 0.3 is 0 Å². The molecule has 4 aliphatic heterocycles. The highest BCUT2D eigenvalue weighted by molar-refractivity contribution is 7.99. The van der Waals surface area contributed by atoms with Gasteiger partial charge in [0.1, 0.15) is 11.9 Å². The van der Waals surface area contributed by atoms with Crippen molar-refractivity contribution in [3.05, 3.63) is 46.4 Å². The smallest absolute Gasteiger partial charge is 0.292 e. The minimum absolute atomic E-state index is 0.0113. The minimum atomic E-state index is -0.584. The van der Waals surface area contributed by atoms with E-state index >= 15 is 0 Å². The summed E-state index contributed by atoms with van der Waals surface area (Å²) in [7, 11) is 0. The molecule has 1 aromatic rings.